The van der Waals surface area contributed by atoms with E-state index in [9.17, 15) is 9.59 Å². The second-order valence-electron chi connectivity index (χ2n) is 8.75. The monoisotopic (exact) mass is 425 g/mol. The van der Waals surface area contributed by atoms with Crippen molar-refractivity contribution in [1.82, 2.24) is 9.80 Å². The zero-order valence-electron chi connectivity index (χ0n) is 18.1. The van der Waals surface area contributed by atoms with E-state index < -0.39 is 0 Å². The summed E-state index contributed by atoms with van der Waals surface area (Å²) in [6.07, 6.45) is 3.19. The fraction of sp³-hybridized carbons (Fsp3) is 0.500. The van der Waals surface area contributed by atoms with Crippen LogP contribution in [0.5, 0.6) is 0 Å². The van der Waals surface area contributed by atoms with Crippen molar-refractivity contribution in [2.24, 2.45) is 5.92 Å². The Balaban J connectivity index is 1.67. The predicted molar refractivity (Wildman–Crippen MR) is 122 cm³/mol. The van der Waals surface area contributed by atoms with Crippen LogP contribution >= 0.6 is 11.3 Å². The van der Waals surface area contributed by atoms with Gasteiger partial charge in [0.1, 0.15) is 0 Å². The van der Waals surface area contributed by atoms with Crippen LogP contribution in [0.2, 0.25) is 0 Å². The Bertz CT molecular complexity index is 878. The Kier molecular flexibility index (Phi) is 6.25. The van der Waals surface area contributed by atoms with Gasteiger partial charge in [-0.15, -0.1) is 11.3 Å². The molecule has 0 spiro atoms. The second-order valence-corrected chi connectivity index (χ2v) is 9.73. The third-order valence-electron chi connectivity index (χ3n) is 6.50. The topological polar surface area (TPSA) is 43.9 Å². The quantitative estimate of drug-likeness (QED) is 0.741. The maximum Gasteiger partial charge on any atom is 0.228 e. The number of piperidine rings is 2. The zero-order valence-corrected chi connectivity index (χ0v) is 18.9. The van der Waals surface area contributed by atoms with Gasteiger partial charge >= 0.3 is 0 Å². The van der Waals surface area contributed by atoms with Gasteiger partial charge in [-0.2, -0.15) is 0 Å². The van der Waals surface area contributed by atoms with Crippen molar-refractivity contribution < 1.29 is 9.59 Å². The lowest BCUT2D eigenvalue weighted by Gasteiger charge is -2.43. The number of benzene rings is 1. The van der Waals surface area contributed by atoms with Gasteiger partial charge in [-0.05, 0) is 63.9 Å². The smallest absolute Gasteiger partial charge is 0.228 e. The third-order valence-corrected chi connectivity index (χ3v) is 7.44. The summed E-state index contributed by atoms with van der Waals surface area (Å²) in [5, 5.41) is 2.03. The Morgan fingerprint density at radius 2 is 1.90 bits per heavy atom. The van der Waals surface area contributed by atoms with Crippen LogP contribution in [0, 0.1) is 12.8 Å². The van der Waals surface area contributed by atoms with E-state index in [2.05, 4.69) is 25.1 Å². The van der Waals surface area contributed by atoms with Gasteiger partial charge in [0, 0.05) is 36.1 Å². The summed E-state index contributed by atoms with van der Waals surface area (Å²) in [6.45, 7) is 3.63. The van der Waals surface area contributed by atoms with Gasteiger partial charge in [0.15, 0.2) is 0 Å². The molecule has 6 heteroatoms. The molecule has 2 aliphatic heterocycles. The van der Waals surface area contributed by atoms with Gasteiger partial charge in [0.05, 0.1) is 12.0 Å². The molecular weight excluding hydrogens is 394 g/mol. The number of rotatable bonds is 4. The molecule has 4 rings (SSSR count). The van der Waals surface area contributed by atoms with Crippen molar-refractivity contribution >= 4 is 28.8 Å². The highest BCUT2D eigenvalue weighted by atomic mass is 32.1. The maximum absolute atomic E-state index is 13.7. The minimum atomic E-state index is -0.235. The molecule has 5 nitrogen and oxygen atoms in total. The van der Waals surface area contributed by atoms with Gasteiger partial charge in [-0.25, -0.2) is 0 Å². The SMILES string of the molecule is Cc1ccc(N2C(=O)CCC(C(=O)N3CCCC(N(C)C)C3)C2c2cccs2)cc1. The van der Waals surface area contributed by atoms with Crippen LogP contribution < -0.4 is 4.90 Å². The van der Waals surface area contributed by atoms with Crippen molar-refractivity contribution in [3.63, 3.8) is 0 Å². The van der Waals surface area contributed by atoms with Gasteiger partial charge in [-0.1, -0.05) is 23.8 Å². The number of thiophene rings is 1. The molecule has 2 aromatic rings. The summed E-state index contributed by atoms with van der Waals surface area (Å²) < 4.78 is 0. The summed E-state index contributed by atoms with van der Waals surface area (Å²) in [7, 11) is 4.18. The number of amides is 2. The minimum Gasteiger partial charge on any atom is -0.341 e. The largest absolute Gasteiger partial charge is 0.341 e. The highest BCUT2D eigenvalue weighted by Gasteiger charge is 2.44. The van der Waals surface area contributed by atoms with E-state index in [0.29, 0.717) is 18.9 Å². The maximum atomic E-state index is 13.7. The Morgan fingerprint density at radius 3 is 2.57 bits per heavy atom. The van der Waals surface area contributed by atoms with Crippen molar-refractivity contribution in [3.05, 3.63) is 52.2 Å². The van der Waals surface area contributed by atoms with E-state index in [-0.39, 0.29) is 23.8 Å². The lowest BCUT2D eigenvalue weighted by Crippen LogP contribution is -2.53. The molecule has 0 aliphatic carbocycles. The number of carbonyl (C=O) groups is 2. The van der Waals surface area contributed by atoms with Crippen LogP contribution in [0.3, 0.4) is 0 Å². The first-order valence-electron chi connectivity index (χ1n) is 10.8. The second kappa shape index (κ2) is 8.90. The minimum absolute atomic E-state index is 0.103. The third kappa shape index (κ3) is 4.16. The first-order valence-corrected chi connectivity index (χ1v) is 11.7. The number of nitrogens with zero attached hydrogens (tertiary/aromatic N) is 3. The van der Waals surface area contributed by atoms with Crippen molar-refractivity contribution in [1.29, 1.82) is 0 Å². The van der Waals surface area contributed by atoms with Crippen LogP contribution in [0.4, 0.5) is 5.69 Å². The molecule has 0 radical (unpaired) electrons. The lowest BCUT2D eigenvalue weighted by molar-refractivity contribution is -0.140. The van der Waals surface area contributed by atoms with Crippen LogP contribution in [0.1, 0.15) is 42.2 Å². The molecule has 2 fully saturated rings. The Hall–Kier alpha value is -2.18. The molecule has 2 amide bonds. The highest BCUT2D eigenvalue weighted by molar-refractivity contribution is 7.10. The number of carbonyl (C=O) groups excluding carboxylic acids is 2. The molecule has 160 valence electrons. The number of likely N-dealkylation sites (N-methyl/N-ethyl adjacent to an activating group) is 1. The predicted octanol–water partition coefficient (Wildman–Crippen LogP) is 4.09. The number of hydrogen-bond acceptors (Lipinski definition) is 4. The molecule has 3 unspecified atom stereocenters. The van der Waals surface area contributed by atoms with Crippen molar-refractivity contribution in [2.45, 2.75) is 44.7 Å². The molecule has 2 aliphatic rings. The van der Waals surface area contributed by atoms with Gasteiger partial charge in [-0.3, -0.25) is 9.59 Å². The summed E-state index contributed by atoms with van der Waals surface area (Å²) in [6, 6.07) is 12.3. The fourth-order valence-electron chi connectivity index (χ4n) is 4.76. The number of likely N-dealkylation sites (tertiary alicyclic amines) is 1. The Labute approximate surface area is 183 Å². The normalized spacial score (nSPS) is 25.1. The number of hydrogen-bond donors (Lipinski definition) is 0. The standard InChI is InChI=1S/C24H31N3O2S/c1-17-8-10-18(11-9-17)27-22(28)13-12-20(23(27)21-7-5-15-30-21)24(29)26-14-4-6-19(16-26)25(2)3/h5,7-11,15,19-20,23H,4,6,12-14,16H2,1-3H3. The summed E-state index contributed by atoms with van der Waals surface area (Å²) in [4.78, 5) is 34.0. The molecular formula is C24H31N3O2S. The average molecular weight is 426 g/mol. The van der Waals surface area contributed by atoms with Crippen molar-refractivity contribution in [2.75, 3.05) is 32.1 Å². The molecule has 30 heavy (non-hydrogen) atoms. The van der Waals surface area contributed by atoms with E-state index >= 15 is 0 Å². The lowest BCUT2D eigenvalue weighted by atomic mass is 9.85. The van der Waals surface area contributed by atoms with E-state index in [1.54, 1.807) is 11.3 Å². The average Bonchev–Trinajstić information content (AvgIpc) is 3.28. The first kappa shape index (κ1) is 21.1. The molecule has 0 saturated carbocycles. The molecule has 2 saturated heterocycles. The van der Waals surface area contributed by atoms with Crippen LogP contribution in [-0.4, -0.2) is 54.8 Å². The molecule has 0 N–H and O–H groups in total. The summed E-state index contributed by atoms with van der Waals surface area (Å²) >= 11 is 1.63. The van der Waals surface area contributed by atoms with Crippen molar-refractivity contribution in [3.8, 4) is 0 Å². The van der Waals surface area contributed by atoms with E-state index in [0.717, 1.165) is 42.1 Å². The van der Waals surface area contributed by atoms with Crippen LogP contribution in [0.25, 0.3) is 0 Å². The molecule has 1 aromatic heterocycles. The molecule has 1 aromatic carbocycles. The Morgan fingerprint density at radius 1 is 1.13 bits per heavy atom. The first-order chi connectivity index (χ1) is 14.5. The highest BCUT2D eigenvalue weighted by Crippen LogP contribution is 2.42. The molecule has 3 heterocycles. The van der Waals surface area contributed by atoms with Crippen LogP contribution in [0.15, 0.2) is 41.8 Å². The molecule has 3 atom stereocenters. The van der Waals surface area contributed by atoms with Gasteiger partial charge in [0.2, 0.25) is 11.8 Å². The van der Waals surface area contributed by atoms with E-state index in [4.69, 9.17) is 0 Å². The van der Waals surface area contributed by atoms with Crippen LogP contribution in [-0.2, 0) is 9.59 Å². The van der Waals surface area contributed by atoms with Gasteiger partial charge in [0.25, 0.3) is 0 Å². The van der Waals surface area contributed by atoms with E-state index in [1.807, 2.05) is 52.4 Å². The zero-order chi connectivity index (χ0) is 21.3. The van der Waals surface area contributed by atoms with Gasteiger partial charge < -0.3 is 14.7 Å². The number of aryl methyl sites for hydroxylation is 1. The number of anilines is 1. The fourth-order valence-corrected chi connectivity index (χ4v) is 5.64. The molecule has 0 bridgehead atoms. The summed E-state index contributed by atoms with van der Waals surface area (Å²) in [5.41, 5.74) is 2.04. The van der Waals surface area contributed by atoms with E-state index in [1.165, 1.54) is 0 Å². The summed E-state index contributed by atoms with van der Waals surface area (Å²) in [5.74, 6) is 0.0965.